The first kappa shape index (κ1) is 21.3. The summed E-state index contributed by atoms with van der Waals surface area (Å²) in [5.74, 6) is 2.28. The number of benzene rings is 2. The van der Waals surface area contributed by atoms with Crippen molar-refractivity contribution < 1.29 is 14.0 Å². The van der Waals surface area contributed by atoms with Crippen molar-refractivity contribution in [1.29, 1.82) is 0 Å². The van der Waals surface area contributed by atoms with Crippen molar-refractivity contribution in [3.8, 4) is 34.1 Å². The molecule has 0 atom stereocenters. The molecule has 0 saturated heterocycles. The summed E-state index contributed by atoms with van der Waals surface area (Å²) in [6, 6.07) is 18.2. The van der Waals surface area contributed by atoms with Gasteiger partial charge in [-0.25, -0.2) is 4.68 Å². The van der Waals surface area contributed by atoms with Gasteiger partial charge in [0.15, 0.2) is 0 Å². The Hall–Kier alpha value is -3.94. The molecule has 0 aliphatic rings. The van der Waals surface area contributed by atoms with E-state index in [4.69, 9.17) is 14.0 Å². The lowest BCUT2D eigenvalue weighted by Crippen LogP contribution is -2.23. The van der Waals surface area contributed by atoms with Crippen molar-refractivity contribution in [3.63, 3.8) is 0 Å². The van der Waals surface area contributed by atoms with E-state index in [1.165, 1.54) is 10.7 Å². The highest BCUT2D eigenvalue weighted by Crippen LogP contribution is 2.21. The molecule has 8 nitrogen and oxygen atoms in total. The highest BCUT2D eigenvalue weighted by molar-refractivity contribution is 5.59. The summed E-state index contributed by atoms with van der Waals surface area (Å²) in [6.07, 6.45) is 2.11. The van der Waals surface area contributed by atoms with Crippen LogP contribution in [0.25, 0.3) is 22.6 Å². The molecule has 0 spiro atoms. The average molecular weight is 432 g/mol. The Morgan fingerprint density at radius 3 is 2.38 bits per heavy atom. The maximum Gasteiger partial charge on any atom is 0.267 e. The fourth-order valence-electron chi connectivity index (χ4n) is 3.08. The van der Waals surface area contributed by atoms with Crippen LogP contribution in [0.5, 0.6) is 11.5 Å². The molecule has 0 unspecified atom stereocenters. The molecule has 0 N–H and O–H groups in total. The number of rotatable bonds is 9. The van der Waals surface area contributed by atoms with E-state index in [9.17, 15) is 4.79 Å². The molecule has 0 fully saturated rings. The third kappa shape index (κ3) is 5.03. The number of unbranched alkanes of at least 4 members (excludes halogenated alkanes) is 1. The Morgan fingerprint density at radius 1 is 0.938 bits per heavy atom. The van der Waals surface area contributed by atoms with Crippen LogP contribution in [-0.2, 0) is 6.54 Å². The van der Waals surface area contributed by atoms with Crippen molar-refractivity contribution >= 4 is 0 Å². The number of hydrogen-bond acceptors (Lipinski definition) is 7. The summed E-state index contributed by atoms with van der Waals surface area (Å²) in [5, 5.41) is 8.47. The third-order valence-electron chi connectivity index (χ3n) is 4.88. The van der Waals surface area contributed by atoms with Gasteiger partial charge in [-0.15, -0.1) is 0 Å². The normalized spacial score (nSPS) is 10.8. The van der Waals surface area contributed by atoms with Gasteiger partial charge in [0.25, 0.3) is 5.56 Å². The second-order valence-corrected chi connectivity index (χ2v) is 7.18. The number of nitrogens with zero attached hydrogens (tertiary/aromatic N) is 4. The van der Waals surface area contributed by atoms with Crippen LogP contribution in [0.3, 0.4) is 0 Å². The zero-order valence-electron chi connectivity index (χ0n) is 18.0. The Kier molecular flexibility index (Phi) is 6.60. The molecule has 2 aromatic carbocycles. The maximum absolute atomic E-state index is 12.3. The van der Waals surface area contributed by atoms with E-state index in [1.807, 2.05) is 48.5 Å². The molecule has 0 aliphatic carbocycles. The Balaban J connectivity index is 1.50. The number of aromatic nitrogens is 4. The van der Waals surface area contributed by atoms with Gasteiger partial charge in [-0.2, -0.15) is 10.1 Å². The van der Waals surface area contributed by atoms with Crippen molar-refractivity contribution in [2.24, 2.45) is 0 Å². The SMILES string of the molecule is CCCCOc1ccc(-c2ccc(=O)n(Cc3nc(-c4ccc(OC)cc4)no3)n2)cc1. The van der Waals surface area contributed by atoms with E-state index < -0.39 is 0 Å². The van der Waals surface area contributed by atoms with Gasteiger partial charge < -0.3 is 14.0 Å². The Morgan fingerprint density at radius 2 is 1.66 bits per heavy atom. The Labute approximate surface area is 185 Å². The van der Waals surface area contributed by atoms with Crippen LogP contribution >= 0.6 is 0 Å². The van der Waals surface area contributed by atoms with Crippen LogP contribution in [0.15, 0.2) is 70.0 Å². The second-order valence-electron chi connectivity index (χ2n) is 7.18. The molecule has 32 heavy (non-hydrogen) atoms. The zero-order chi connectivity index (χ0) is 22.3. The van der Waals surface area contributed by atoms with Crippen LogP contribution < -0.4 is 15.0 Å². The van der Waals surface area contributed by atoms with Gasteiger partial charge >= 0.3 is 0 Å². The monoisotopic (exact) mass is 432 g/mol. The second kappa shape index (κ2) is 9.91. The van der Waals surface area contributed by atoms with E-state index in [2.05, 4.69) is 22.2 Å². The van der Waals surface area contributed by atoms with Crippen LogP contribution in [0.4, 0.5) is 0 Å². The van der Waals surface area contributed by atoms with Gasteiger partial charge in [0.1, 0.15) is 18.0 Å². The fourth-order valence-corrected chi connectivity index (χ4v) is 3.08. The van der Waals surface area contributed by atoms with Crippen LogP contribution in [0.1, 0.15) is 25.7 Å². The lowest BCUT2D eigenvalue weighted by Gasteiger charge is -2.07. The molecular formula is C24H24N4O4. The molecule has 2 aromatic heterocycles. The van der Waals surface area contributed by atoms with Crippen LogP contribution in [-0.4, -0.2) is 33.6 Å². The number of hydrogen-bond donors (Lipinski definition) is 0. The van der Waals surface area contributed by atoms with E-state index >= 15 is 0 Å². The van der Waals surface area contributed by atoms with Gasteiger partial charge in [0.05, 0.1) is 19.4 Å². The summed E-state index contributed by atoms with van der Waals surface area (Å²) >= 11 is 0. The first-order valence-corrected chi connectivity index (χ1v) is 10.4. The predicted molar refractivity (Wildman–Crippen MR) is 120 cm³/mol. The summed E-state index contributed by atoms with van der Waals surface area (Å²) in [7, 11) is 1.61. The maximum atomic E-state index is 12.3. The number of methoxy groups -OCH3 is 1. The minimum atomic E-state index is -0.252. The minimum Gasteiger partial charge on any atom is -0.497 e. The highest BCUT2D eigenvalue weighted by atomic mass is 16.5. The van der Waals surface area contributed by atoms with Crippen molar-refractivity contribution in [1.82, 2.24) is 19.9 Å². The summed E-state index contributed by atoms with van der Waals surface area (Å²) in [5.41, 5.74) is 2.08. The standard InChI is InChI=1S/C24H24N4O4/c1-3-4-15-31-20-11-5-17(6-12-20)21-13-14-23(29)28(26-21)16-22-25-24(27-32-22)18-7-9-19(30-2)10-8-18/h5-14H,3-4,15-16H2,1-2H3. The zero-order valence-corrected chi connectivity index (χ0v) is 18.0. The predicted octanol–water partition coefficient (Wildman–Crippen LogP) is 4.20. The summed E-state index contributed by atoms with van der Waals surface area (Å²) < 4.78 is 17.5. The average Bonchev–Trinajstić information content (AvgIpc) is 3.30. The van der Waals surface area contributed by atoms with Gasteiger partial charge in [-0.05, 0) is 61.0 Å². The number of ether oxygens (including phenoxy) is 2. The van der Waals surface area contributed by atoms with Gasteiger partial charge in [0, 0.05) is 17.2 Å². The third-order valence-corrected chi connectivity index (χ3v) is 4.88. The molecule has 2 heterocycles. The van der Waals surface area contributed by atoms with E-state index in [-0.39, 0.29) is 12.1 Å². The van der Waals surface area contributed by atoms with Crippen molar-refractivity contribution in [3.05, 3.63) is 76.9 Å². The van der Waals surface area contributed by atoms with Crippen LogP contribution in [0, 0.1) is 0 Å². The minimum absolute atomic E-state index is 0.0774. The van der Waals surface area contributed by atoms with E-state index in [0.717, 1.165) is 35.5 Å². The fraction of sp³-hybridized carbons (Fsp3) is 0.250. The lowest BCUT2D eigenvalue weighted by atomic mass is 10.1. The van der Waals surface area contributed by atoms with Gasteiger partial charge in [-0.3, -0.25) is 4.79 Å². The first-order chi connectivity index (χ1) is 15.7. The van der Waals surface area contributed by atoms with E-state index in [1.54, 1.807) is 13.2 Å². The molecule has 0 saturated carbocycles. The molecule has 4 aromatic rings. The largest absolute Gasteiger partial charge is 0.497 e. The Bertz CT molecular complexity index is 1210. The lowest BCUT2D eigenvalue weighted by molar-refractivity contribution is 0.309. The molecule has 0 radical (unpaired) electrons. The quantitative estimate of drug-likeness (QED) is 0.366. The molecule has 8 heteroatoms. The highest BCUT2D eigenvalue weighted by Gasteiger charge is 2.12. The van der Waals surface area contributed by atoms with Gasteiger partial charge in [-0.1, -0.05) is 18.5 Å². The molecule has 164 valence electrons. The molecule has 0 bridgehead atoms. The van der Waals surface area contributed by atoms with Crippen molar-refractivity contribution in [2.75, 3.05) is 13.7 Å². The molecule has 0 amide bonds. The molecule has 4 rings (SSSR count). The van der Waals surface area contributed by atoms with Crippen LogP contribution in [0.2, 0.25) is 0 Å². The van der Waals surface area contributed by atoms with E-state index in [0.29, 0.717) is 24.0 Å². The van der Waals surface area contributed by atoms with Gasteiger partial charge in [0.2, 0.25) is 11.7 Å². The smallest absolute Gasteiger partial charge is 0.267 e. The summed E-state index contributed by atoms with van der Waals surface area (Å²) in [6.45, 7) is 2.90. The topological polar surface area (TPSA) is 92.3 Å². The summed E-state index contributed by atoms with van der Waals surface area (Å²) in [4.78, 5) is 16.7. The first-order valence-electron chi connectivity index (χ1n) is 10.4. The molecular weight excluding hydrogens is 408 g/mol. The van der Waals surface area contributed by atoms with Crippen molar-refractivity contribution in [2.45, 2.75) is 26.3 Å². The molecule has 0 aliphatic heterocycles.